The Kier molecular flexibility index (Phi) is 5.36. The second kappa shape index (κ2) is 8.33. The number of rotatable bonds is 4. The van der Waals surface area contributed by atoms with Gasteiger partial charge in [-0.25, -0.2) is 9.97 Å². The highest BCUT2D eigenvalue weighted by Gasteiger charge is 2.18. The third-order valence-corrected chi connectivity index (χ3v) is 5.96. The van der Waals surface area contributed by atoms with Crippen LogP contribution in [0.5, 0.6) is 0 Å². The van der Waals surface area contributed by atoms with Gasteiger partial charge in [-0.05, 0) is 50.1 Å². The van der Waals surface area contributed by atoms with E-state index in [1.54, 1.807) is 12.3 Å². The summed E-state index contributed by atoms with van der Waals surface area (Å²) in [6.07, 6.45) is 2.59. The monoisotopic (exact) mass is 447 g/mol. The maximum absolute atomic E-state index is 13.4. The molecule has 0 spiro atoms. The van der Waals surface area contributed by atoms with Crippen molar-refractivity contribution in [3.63, 3.8) is 0 Å². The van der Waals surface area contributed by atoms with Crippen LogP contribution in [0.15, 0.2) is 53.5 Å². The largest absolute Gasteiger partial charge is 0.379 e. The summed E-state index contributed by atoms with van der Waals surface area (Å²) < 4.78 is 6.82. The molecule has 1 saturated heterocycles. The minimum absolute atomic E-state index is 0.205. The molecule has 7 nitrogen and oxygen atoms in total. The molecule has 1 fully saturated rings. The van der Waals surface area contributed by atoms with E-state index in [1.165, 1.54) is 4.68 Å². The third-order valence-electron chi connectivity index (χ3n) is 5.70. The number of nitrogens with zero attached hydrogens (tertiary/aromatic N) is 4. The molecule has 4 aromatic rings. The number of benzene rings is 1. The SMILES string of the molecule is Cc1cc2c(-c3ccc(Cl)cc3)nn(-c3ccnc(N[C@@H]4CCOC4)c3)c(=O)c2nc1C. The van der Waals surface area contributed by atoms with E-state index in [0.29, 0.717) is 39.7 Å². The molecule has 3 aromatic heterocycles. The van der Waals surface area contributed by atoms with Crippen LogP contribution in [0.1, 0.15) is 17.7 Å². The van der Waals surface area contributed by atoms with Crippen molar-refractivity contribution in [3.05, 3.63) is 75.3 Å². The van der Waals surface area contributed by atoms with Crippen molar-refractivity contribution in [1.29, 1.82) is 0 Å². The molecule has 8 heteroatoms. The molecule has 32 heavy (non-hydrogen) atoms. The van der Waals surface area contributed by atoms with Gasteiger partial charge in [-0.15, -0.1) is 0 Å². The summed E-state index contributed by atoms with van der Waals surface area (Å²) in [5.41, 5.74) is 4.05. The van der Waals surface area contributed by atoms with Crippen LogP contribution in [-0.2, 0) is 4.74 Å². The van der Waals surface area contributed by atoms with E-state index in [1.807, 2.05) is 50.2 Å². The van der Waals surface area contributed by atoms with Crippen LogP contribution in [-0.4, -0.2) is 39.0 Å². The van der Waals surface area contributed by atoms with Gasteiger partial charge in [0.2, 0.25) is 0 Å². The van der Waals surface area contributed by atoms with Crippen molar-refractivity contribution in [2.75, 3.05) is 18.5 Å². The Morgan fingerprint density at radius 2 is 1.97 bits per heavy atom. The number of nitrogens with one attached hydrogen (secondary N) is 1. The fraction of sp³-hybridized carbons (Fsp3) is 0.250. The van der Waals surface area contributed by atoms with Crippen molar-refractivity contribution in [2.24, 2.45) is 0 Å². The molecule has 1 aliphatic rings. The first-order chi connectivity index (χ1) is 15.5. The molecular formula is C24H22ClN5O2. The Balaban J connectivity index is 1.70. The van der Waals surface area contributed by atoms with E-state index < -0.39 is 0 Å². The van der Waals surface area contributed by atoms with Gasteiger partial charge in [0.15, 0.2) is 0 Å². The molecule has 0 amide bonds. The summed E-state index contributed by atoms with van der Waals surface area (Å²) in [6.45, 7) is 5.26. The summed E-state index contributed by atoms with van der Waals surface area (Å²) in [7, 11) is 0. The van der Waals surface area contributed by atoms with Gasteiger partial charge in [0.25, 0.3) is 5.56 Å². The normalized spacial score (nSPS) is 15.9. The molecule has 162 valence electrons. The first-order valence-corrected chi connectivity index (χ1v) is 10.9. The second-order valence-corrected chi connectivity index (χ2v) is 8.40. The van der Waals surface area contributed by atoms with Crippen LogP contribution in [0.25, 0.3) is 27.8 Å². The molecule has 0 saturated carbocycles. The van der Waals surface area contributed by atoms with E-state index >= 15 is 0 Å². The minimum atomic E-state index is -0.276. The number of halogens is 1. The van der Waals surface area contributed by atoms with Crippen LogP contribution in [0.3, 0.4) is 0 Å². The topological polar surface area (TPSA) is 81.9 Å². The summed E-state index contributed by atoms with van der Waals surface area (Å²) in [5, 5.41) is 9.47. The molecule has 0 aliphatic carbocycles. The first-order valence-electron chi connectivity index (χ1n) is 10.5. The fourth-order valence-electron chi connectivity index (χ4n) is 3.83. The molecule has 0 bridgehead atoms. The van der Waals surface area contributed by atoms with Crippen LogP contribution >= 0.6 is 11.6 Å². The molecule has 1 aromatic carbocycles. The zero-order chi connectivity index (χ0) is 22.2. The van der Waals surface area contributed by atoms with Crippen molar-refractivity contribution in [2.45, 2.75) is 26.3 Å². The zero-order valence-electron chi connectivity index (χ0n) is 17.8. The van der Waals surface area contributed by atoms with Gasteiger partial charge >= 0.3 is 0 Å². The van der Waals surface area contributed by atoms with E-state index in [2.05, 4.69) is 15.3 Å². The Hall–Kier alpha value is -3.29. The number of aromatic nitrogens is 4. The highest BCUT2D eigenvalue weighted by molar-refractivity contribution is 6.30. The standard InChI is InChI=1S/C24H22ClN5O2/c1-14-11-20-22(16-3-5-17(25)6-4-16)29-30(24(31)23(20)27-15(14)2)19-7-9-26-21(12-19)28-18-8-10-32-13-18/h3-7,9,11-12,18H,8,10,13H2,1-2H3,(H,26,28)/t18-/m1/s1. The number of anilines is 1. The highest BCUT2D eigenvalue weighted by Crippen LogP contribution is 2.27. The molecule has 4 heterocycles. The minimum Gasteiger partial charge on any atom is -0.379 e. The van der Waals surface area contributed by atoms with Gasteiger partial charge < -0.3 is 10.1 Å². The van der Waals surface area contributed by atoms with Gasteiger partial charge in [-0.1, -0.05) is 23.7 Å². The summed E-state index contributed by atoms with van der Waals surface area (Å²) >= 11 is 6.09. The summed E-state index contributed by atoms with van der Waals surface area (Å²) in [6, 6.07) is 13.2. The lowest BCUT2D eigenvalue weighted by Crippen LogP contribution is -2.24. The molecule has 1 atom stereocenters. The Morgan fingerprint density at radius 3 is 2.72 bits per heavy atom. The van der Waals surface area contributed by atoms with Crippen LogP contribution in [0.4, 0.5) is 5.82 Å². The van der Waals surface area contributed by atoms with Gasteiger partial charge in [-0.2, -0.15) is 9.78 Å². The lowest BCUT2D eigenvalue weighted by molar-refractivity contribution is 0.195. The van der Waals surface area contributed by atoms with Crippen molar-refractivity contribution < 1.29 is 4.74 Å². The van der Waals surface area contributed by atoms with Crippen molar-refractivity contribution in [1.82, 2.24) is 19.7 Å². The molecule has 1 N–H and O–H groups in total. The molecular weight excluding hydrogens is 426 g/mol. The Labute approximate surface area is 190 Å². The van der Waals surface area contributed by atoms with Crippen molar-refractivity contribution >= 4 is 28.3 Å². The maximum Gasteiger partial charge on any atom is 0.298 e. The van der Waals surface area contributed by atoms with Crippen LogP contribution < -0.4 is 10.9 Å². The van der Waals surface area contributed by atoms with Crippen LogP contribution in [0.2, 0.25) is 5.02 Å². The third kappa shape index (κ3) is 3.85. The summed E-state index contributed by atoms with van der Waals surface area (Å²) in [5.74, 6) is 0.674. The number of hydrogen-bond acceptors (Lipinski definition) is 6. The van der Waals surface area contributed by atoms with E-state index in [0.717, 1.165) is 29.8 Å². The first kappa shape index (κ1) is 20.6. The number of ether oxygens (including phenoxy) is 1. The van der Waals surface area contributed by atoms with E-state index in [-0.39, 0.29) is 11.6 Å². The highest BCUT2D eigenvalue weighted by atomic mass is 35.5. The second-order valence-electron chi connectivity index (χ2n) is 7.96. The fourth-order valence-corrected chi connectivity index (χ4v) is 3.96. The predicted octanol–water partition coefficient (Wildman–Crippen LogP) is 4.31. The molecule has 5 rings (SSSR count). The quantitative estimate of drug-likeness (QED) is 0.502. The smallest absolute Gasteiger partial charge is 0.298 e. The van der Waals surface area contributed by atoms with Crippen molar-refractivity contribution in [3.8, 4) is 16.9 Å². The number of hydrogen-bond donors (Lipinski definition) is 1. The number of aryl methyl sites for hydroxylation is 2. The molecule has 0 radical (unpaired) electrons. The zero-order valence-corrected chi connectivity index (χ0v) is 18.6. The van der Waals surface area contributed by atoms with Crippen LogP contribution in [0, 0.1) is 13.8 Å². The lowest BCUT2D eigenvalue weighted by atomic mass is 10.1. The van der Waals surface area contributed by atoms with Gasteiger partial charge in [0.05, 0.1) is 18.3 Å². The molecule has 1 aliphatic heterocycles. The maximum atomic E-state index is 13.4. The lowest BCUT2D eigenvalue weighted by Gasteiger charge is -2.14. The van der Waals surface area contributed by atoms with Gasteiger partial charge in [-0.3, -0.25) is 4.79 Å². The Morgan fingerprint density at radius 1 is 1.16 bits per heavy atom. The average Bonchev–Trinajstić information content (AvgIpc) is 3.29. The van der Waals surface area contributed by atoms with E-state index in [4.69, 9.17) is 21.4 Å². The van der Waals surface area contributed by atoms with E-state index in [9.17, 15) is 4.79 Å². The average molecular weight is 448 g/mol. The number of fused-ring (bicyclic) bond motifs is 1. The predicted molar refractivity (Wildman–Crippen MR) is 126 cm³/mol. The Bertz CT molecular complexity index is 1360. The summed E-state index contributed by atoms with van der Waals surface area (Å²) in [4.78, 5) is 22.5. The van der Waals surface area contributed by atoms with Gasteiger partial charge in [0, 0.05) is 40.5 Å². The molecule has 0 unspecified atom stereocenters. The number of pyridine rings is 2. The van der Waals surface area contributed by atoms with Gasteiger partial charge in [0.1, 0.15) is 17.0 Å².